The summed E-state index contributed by atoms with van der Waals surface area (Å²) in [5, 5.41) is 3.42. The van der Waals surface area contributed by atoms with Gasteiger partial charge in [0.1, 0.15) is 5.84 Å². The van der Waals surface area contributed by atoms with Crippen molar-refractivity contribution in [2.75, 3.05) is 10.2 Å². The third-order valence-electron chi connectivity index (χ3n) is 4.49. The minimum atomic E-state index is -0.416. The summed E-state index contributed by atoms with van der Waals surface area (Å²) in [6.07, 6.45) is 0. The van der Waals surface area contributed by atoms with Crippen LogP contribution in [-0.2, 0) is 6.54 Å². The standard InChI is InChI=1S/C22H18ClN3O/c1-15-6-12-19(13-7-15)26-14-16-4-2-3-5-20(16)21(26)25-22(27)24-18-10-8-17(23)9-11-18/h2-13H,14H2,1H3,(H,24,27)/b25-21+. The van der Waals surface area contributed by atoms with Gasteiger partial charge in [-0.3, -0.25) is 0 Å². The highest BCUT2D eigenvalue weighted by atomic mass is 35.5. The SMILES string of the molecule is Cc1ccc(N2Cc3ccccc3/C2=N\C(=O)Nc2ccc(Cl)cc2)cc1. The Bertz CT molecular complexity index is 1010. The summed E-state index contributed by atoms with van der Waals surface area (Å²) in [5.41, 5.74) is 4.98. The van der Waals surface area contributed by atoms with Gasteiger partial charge in [0.25, 0.3) is 0 Å². The van der Waals surface area contributed by atoms with Gasteiger partial charge >= 0.3 is 6.03 Å². The number of hydrogen-bond donors (Lipinski definition) is 1. The van der Waals surface area contributed by atoms with Crippen LogP contribution >= 0.6 is 11.6 Å². The lowest BCUT2D eigenvalue weighted by Crippen LogP contribution is -2.26. The van der Waals surface area contributed by atoms with Crippen LogP contribution in [0.2, 0.25) is 5.02 Å². The third-order valence-corrected chi connectivity index (χ3v) is 4.74. The second kappa shape index (κ2) is 7.25. The fourth-order valence-electron chi connectivity index (χ4n) is 3.11. The van der Waals surface area contributed by atoms with Crippen molar-refractivity contribution >= 4 is 34.8 Å². The van der Waals surface area contributed by atoms with E-state index in [1.807, 2.05) is 30.3 Å². The van der Waals surface area contributed by atoms with E-state index in [4.69, 9.17) is 11.6 Å². The fourth-order valence-corrected chi connectivity index (χ4v) is 3.23. The molecule has 0 spiro atoms. The molecule has 2 amide bonds. The molecule has 0 unspecified atom stereocenters. The van der Waals surface area contributed by atoms with Crippen molar-refractivity contribution in [1.29, 1.82) is 0 Å². The van der Waals surface area contributed by atoms with Crippen LogP contribution in [0.5, 0.6) is 0 Å². The molecule has 0 fully saturated rings. The number of amides is 2. The smallest absolute Gasteiger partial charge is 0.321 e. The molecular weight excluding hydrogens is 358 g/mol. The Hall–Kier alpha value is -3.11. The van der Waals surface area contributed by atoms with E-state index in [0.717, 1.165) is 16.8 Å². The van der Waals surface area contributed by atoms with E-state index < -0.39 is 6.03 Å². The van der Waals surface area contributed by atoms with Gasteiger partial charge in [-0.1, -0.05) is 53.6 Å². The quantitative estimate of drug-likeness (QED) is 0.629. The maximum absolute atomic E-state index is 12.5. The van der Waals surface area contributed by atoms with Crippen molar-refractivity contribution in [1.82, 2.24) is 0 Å². The molecule has 3 aromatic rings. The van der Waals surface area contributed by atoms with Crippen LogP contribution < -0.4 is 10.2 Å². The van der Waals surface area contributed by atoms with Gasteiger partial charge in [0, 0.05) is 22.0 Å². The Morgan fingerprint density at radius 2 is 1.70 bits per heavy atom. The first-order valence-corrected chi connectivity index (χ1v) is 9.06. The molecule has 0 radical (unpaired) electrons. The Morgan fingerprint density at radius 3 is 2.44 bits per heavy atom. The zero-order valence-corrected chi connectivity index (χ0v) is 15.6. The number of hydrogen-bond acceptors (Lipinski definition) is 1. The number of aliphatic imine (C=N–C) groups is 1. The third kappa shape index (κ3) is 3.71. The van der Waals surface area contributed by atoms with Crippen LogP contribution in [0.4, 0.5) is 16.2 Å². The maximum atomic E-state index is 12.5. The zero-order chi connectivity index (χ0) is 18.8. The molecular formula is C22H18ClN3O. The summed E-state index contributed by atoms with van der Waals surface area (Å²) in [6.45, 7) is 2.74. The average molecular weight is 376 g/mol. The first kappa shape index (κ1) is 17.3. The van der Waals surface area contributed by atoms with Gasteiger partial charge in [-0.05, 0) is 48.9 Å². The van der Waals surface area contributed by atoms with Crippen LogP contribution in [-0.4, -0.2) is 11.9 Å². The first-order valence-electron chi connectivity index (χ1n) is 8.68. The van der Waals surface area contributed by atoms with Crippen LogP contribution in [0.1, 0.15) is 16.7 Å². The van der Waals surface area contributed by atoms with Crippen molar-refractivity contribution in [3.8, 4) is 0 Å². The molecule has 27 heavy (non-hydrogen) atoms. The average Bonchev–Trinajstić information content (AvgIpc) is 3.03. The molecule has 4 rings (SSSR count). The van der Waals surface area contributed by atoms with E-state index in [9.17, 15) is 4.79 Å². The predicted octanol–water partition coefficient (Wildman–Crippen LogP) is 5.65. The summed E-state index contributed by atoms with van der Waals surface area (Å²) in [6, 6.07) is 22.8. The number of anilines is 2. The van der Waals surface area contributed by atoms with Gasteiger partial charge in [-0.2, -0.15) is 4.99 Å². The van der Waals surface area contributed by atoms with Crippen molar-refractivity contribution in [3.63, 3.8) is 0 Å². The summed E-state index contributed by atoms with van der Waals surface area (Å²) in [5.74, 6) is 0.654. The number of rotatable bonds is 2. The molecule has 5 heteroatoms. The van der Waals surface area contributed by atoms with Crippen molar-refractivity contribution in [2.24, 2.45) is 4.99 Å². The topological polar surface area (TPSA) is 44.7 Å². The van der Waals surface area contributed by atoms with E-state index in [-0.39, 0.29) is 0 Å². The minimum Gasteiger partial charge on any atom is -0.321 e. The number of fused-ring (bicyclic) bond motifs is 1. The number of amidine groups is 1. The number of nitrogens with zero attached hydrogens (tertiary/aromatic N) is 2. The monoisotopic (exact) mass is 375 g/mol. The number of halogens is 1. The molecule has 1 aliphatic rings. The van der Waals surface area contributed by atoms with Gasteiger partial charge < -0.3 is 10.2 Å². The van der Waals surface area contributed by atoms with Crippen molar-refractivity contribution in [3.05, 3.63) is 94.5 Å². The lowest BCUT2D eigenvalue weighted by molar-refractivity contribution is 0.259. The number of benzene rings is 3. The van der Waals surface area contributed by atoms with E-state index in [1.165, 1.54) is 5.56 Å². The highest BCUT2D eigenvalue weighted by Gasteiger charge is 2.27. The van der Waals surface area contributed by atoms with Gasteiger partial charge in [-0.25, -0.2) is 4.79 Å². The second-order valence-corrected chi connectivity index (χ2v) is 6.89. The van der Waals surface area contributed by atoms with Gasteiger partial charge in [0.05, 0.1) is 6.54 Å². The summed E-state index contributed by atoms with van der Waals surface area (Å²) in [4.78, 5) is 19.0. The summed E-state index contributed by atoms with van der Waals surface area (Å²) < 4.78 is 0. The van der Waals surface area contributed by atoms with Crippen LogP contribution in [0.15, 0.2) is 77.8 Å². The van der Waals surface area contributed by atoms with E-state index in [2.05, 4.69) is 40.3 Å². The fraction of sp³-hybridized carbons (Fsp3) is 0.0909. The highest BCUT2D eigenvalue weighted by molar-refractivity contribution is 6.30. The number of carbonyl (C=O) groups excluding carboxylic acids is 1. The molecule has 0 aromatic heterocycles. The number of carbonyl (C=O) groups is 1. The van der Waals surface area contributed by atoms with Gasteiger partial charge in [0.15, 0.2) is 0 Å². The summed E-state index contributed by atoms with van der Waals surface area (Å²) >= 11 is 5.89. The lowest BCUT2D eigenvalue weighted by atomic mass is 10.1. The molecule has 1 heterocycles. The first-order chi connectivity index (χ1) is 13.1. The number of urea groups is 1. The number of nitrogens with one attached hydrogen (secondary N) is 1. The maximum Gasteiger partial charge on any atom is 0.347 e. The Kier molecular flexibility index (Phi) is 4.65. The van der Waals surface area contributed by atoms with E-state index >= 15 is 0 Å². The van der Waals surface area contributed by atoms with E-state index in [0.29, 0.717) is 23.1 Å². The van der Waals surface area contributed by atoms with Gasteiger partial charge in [-0.15, -0.1) is 0 Å². The predicted molar refractivity (Wildman–Crippen MR) is 111 cm³/mol. The molecule has 1 N–H and O–H groups in total. The van der Waals surface area contributed by atoms with Crippen LogP contribution in [0.25, 0.3) is 0 Å². The zero-order valence-electron chi connectivity index (χ0n) is 14.8. The van der Waals surface area contributed by atoms with Crippen molar-refractivity contribution in [2.45, 2.75) is 13.5 Å². The molecule has 1 aliphatic heterocycles. The highest BCUT2D eigenvalue weighted by Crippen LogP contribution is 2.29. The van der Waals surface area contributed by atoms with Crippen LogP contribution in [0.3, 0.4) is 0 Å². The molecule has 4 nitrogen and oxygen atoms in total. The Labute approximate surface area is 163 Å². The molecule has 0 aliphatic carbocycles. The molecule has 0 atom stereocenters. The minimum absolute atomic E-state index is 0.416. The largest absolute Gasteiger partial charge is 0.347 e. The normalized spacial score (nSPS) is 14.3. The lowest BCUT2D eigenvalue weighted by Gasteiger charge is -2.19. The molecule has 134 valence electrons. The van der Waals surface area contributed by atoms with E-state index in [1.54, 1.807) is 24.3 Å². The molecule has 0 saturated carbocycles. The Balaban J connectivity index is 1.67. The molecule has 3 aromatic carbocycles. The Morgan fingerprint density at radius 1 is 1.00 bits per heavy atom. The summed E-state index contributed by atoms with van der Waals surface area (Å²) in [7, 11) is 0. The number of aryl methyl sites for hydroxylation is 1. The second-order valence-electron chi connectivity index (χ2n) is 6.45. The van der Waals surface area contributed by atoms with Crippen molar-refractivity contribution < 1.29 is 4.79 Å². The van der Waals surface area contributed by atoms with Crippen LogP contribution in [0, 0.1) is 6.92 Å². The molecule has 0 bridgehead atoms. The van der Waals surface area contributed by atoms with Gasteiger partial charge in [0.2, 0.25) is 0 Å². The molecule has 0 saturated heterocycles.